The largest absolute Gasteiger partial charge is 0.274 e. The Balaban J connectivity index is 1.40. The van der Waals surface area contributed by atoms with Gasteiger partial charge in [-0.25, -0.2) is 5.43 Å². The van der Waals surface area contributed by atoms with Crippen LogP contribution in [0.3, 0.4) is 0 Å². The number of rotatable bonds is 6. The Hall–Kier alpha value is -3.52. The number of para-hydroxylation sites is 2. The minimum absolute atomic E-state index is 0.177. The first-order valence-corrected chi connectivity index (χ1v) is 9.97. The van der Waals surface area contributed by atoms with Gasteiger partial charge in [0, 0.05) is 22.8 Å². The van der Waals surface area contributed by atoms with E-state index in [-0.39, 0.29) is 11.7 Å². The average molecular weight is 402 g/mol. The fourth-order valence-corrected chi connectivity index (χ4v) is 3.67. The van der Waals surface area contributed by atoms with E-state index < -0.39 is 0 Å². The van der Waals surface area contributed by atoms with Gasteiger partial charge in [0.05, 0.1) is 17.5 Å². The van der Waals surface area contributed by atoms with Crippen molar-refractivity contribution in [3.05, 3.63) is 78.2 Å². The van der Waals surface area contributed by atoms with E-state index in [4.69, 9.17) is 0 Å². The monoisotopic (exact) mass is 402 g/mol. The van der Waals surface area contributed by atoms with Crippen LogP contribution in [0.2, 0.25) is 0 Å². The smallest absolute Gasteiger partial charge is 0.250 e. The lowest BCUT2D eigenvalue weighted by molar-refractivity contribution is -0.118. The second kappa shape index (κ2) is 8.66. The molecule has 1 amide bonds. The normalized spacial score (nSPS) is 11.2. The highest BCUT2D eigenvalue weighted by Crippen LogP contribution is 2.21. The first kappa shape index (κ1) is 18.8. The summed E-state index contributed by atoms with van der Waals surface area (Å²) >= 11 is 1.31. The summed E-state index contributed by atoms with van der Waals surface area (Å²) in [5.74, 6) is 0.719. The van der Waals surface area contributed by atoms with Crippen molar-refractivity contribution in [2.45, 2.75) is 12.1 Å². The Morgan fingerprint density at radius 1 is 1.10 bits per heavy atom. The Morgan fingerprint density at radius 2 is 1.93 bits per heavy atom. The molecule has 8 heteroatoms. The SMILES string of the molecule is Cc1nnc(SCC(=O)N/N=C\c2cccc3cccnc23)n1-c1ccccc1. The van der Waals surface area contributed by atoms with Crippen LogP contribution in [0.1, 0.15) is 11.4 Å². The van der Waals surface area contributed by atoms with Crippen LogP contribution in [-0.4, -0.2) is 37.6 Å². The van der Waals surface area contributed by atoms with Crippen LogP contribution >= 0.6 is 11.8 Å². The number of fused-ring (bicyclic) bond motifs is 1. The molecule has 144 valence electrons. The van der Waals surface area contributed by atoms with Crippen LogP contribution in [-0.2, 0) is 4.79 Å². The fourth-order valence-electron chi connectivity index (χ4n) is 2.88. The molecule has 0 saturated carbocycles. The molecule has 1 N–H and O–H groups in total. The maximum atomic E-state index is 12.2. The molecule has 0 aliphatic rings. The van der Waals surface area contributed by atoms with E-state index in [1.807, 2.05) is 72.2 Å². The standard InChI is InChI=1S/C21H18N6OS/c1-15-24-26-21(27(15)18-10-3-2-4-11-18)29-14-19(28)25-23-13-17-8-5-7-16-9-6-12-22-20(16)17/h2-13H,14H2,1H3,(H,25,28)/b23-13-. The summed E-state index contributed by atoms with van der Waals surface area (Å²) in [6.45, 7) is 1.88. The zero-order valence-corrected chi connectivity index (χ0v) is 16.5. The second-order valence-electron chi connectivity index (χ2n) is 6.20. The summed E-state index contributed by atoms with van der Waals surface area (Å²) in [7, 11) is 0. The molecule has 0 unspecified atom stereocenters. The van der Waals surface area contributed by atoms with Gasteiger partial charge in [0.2, 0.25) is 0 Å². The van der Waals surface area contributed by atoms with Crippen molar-refractivity contribution in [2.24, 2.45) is 5.10 Å². The van der Waals surface area contributed by atoms with Gasteiger partial charge >= 0.3 is 0 Å². The van der Waals surface area contributed by atoms with Crippen molar-refractivity contribution in [3.8, 4) is 5.69 Å². The van der Waals surface area contributed by atoms with Crippen molar-refractivity contribution < 1.29 is 4.79 Å². The molecular formula is C21H18N6OS. The van der Waals surface area contributed by atoms with Gasteiger partial charge in [-0.05, 0) is 25.1 Å². The molecule has 29 heavy (non-hydrogen) atoms. The Morgan fingerprint density at radius 3 is 2.79 bits per heavy atom. The molecular weight excluding hydrogens is 384 g/mol. The molecule has 0 aliphatic heterocycles. The van der Waals surface area contributed by atoms with Gasteiger partial charge in [-0.1, -0.05) is 54.2 Å². The van der Waals surface area contributed by atoms with E-state index in [9.17, 15) is 4.79 Å². The lowest BCUT2D eigenvalue weighted by Crippen LogP contribution is -2.20. The zero-order valence-electron chi connectivity index (χ0n) is 15.7. The lowest BCUT2D eigenvalue weighted by Gasteiger charge is -2.07. The molecule has 0 radical (unpaired) electrons. The van der Waals surface area contributed by atoms with E-state index in [1.54, 1.807) is 12.4 Å². The summed E-state index contributed by atoms with van der Waals surface area (Å²) in [6.07, 6.45) is 3.34. The predicted octanol–water partition coefficient (Wildman–Crippen LogP) is 3.37. The van der Waals surface area contributed by atoms with Gasteiger partial charge in [-0.2, -0.15) is 5.10 Å². The molecule has 4 rings (SSSR count). The van der Waals surface area contributed by atoms with E-state index in [0.29, 0.717) is 5.16 Å². The lowest BCUT2D eigenvalue weighted by atomic mass is 10.1. The van der Waals surface area contributed by atoms with Crippen LogP contribution in [0.25, 0.3) is 16.6 Å². The van der Waals surface area contributed by atoms with Crippen LogP contribution in [0.5, 0.6) is 0 Å². The third-order valence-corrected chi connectivity index (χ3v) is 5.13. The van der Waals surface area contributed by atoms with Crippen LogP contribution in [0.4, 0.5) is 0 Å². The highest BCUT2D eigenvalue weighted by atomic mass is 32.2. The third-order valence-electron chi connectivity index (χ3n) is 4.20. The number of amides is 1. The van der Waals surface area contributed by atoms with E-state index in [0.717, 1.165) is 28.0 Å². The summed E-state index contributed by atoms with van der Waals surface area (Å²) in [5, 5.41) is 14.1. The number of thioether (sulfide) groups is 1. The molecule has 4 aromatic rings. The first-order chi connectivity index (χ1) is 14.2. The number of nitrogens with one attached hydrogen (secondary N) is 1. The highest BCUT2D eigenvalue weighted by Gasteiger charge is 2.13. The fraction of sp³-hybridized carbons (Fsp3) is 0.0952. The molecule has 7 nitrogen and oxygen atoms in total. The molecule has 2 heterocycles. The Kier molecular flexibility index (Phi) is 5.62. The molecule has 0 aliphatic carbocycles. The van der Waals surface area contributed by atoms with Crippen molar-refractivity contribution in [3.63, 3.8) is 0 Å². The quantitative estimate of drug-likeness (QED) is 0.304. The van der Waals surface area contributed by atoms with Gasteiger partial charge in [0.25, 0.3) is 5.91 Å². The van der Waals surface area contributed by atoms with Gasteiger partial charge in [-0.3, -0.25) is 14.3 Å². The van der Waals surface area contributed by atoms with E-state index in [2.05, 4.69) is 25.7 Å². The Bertz CT molecular complexity index is 1170. The van der Waals surface area contributed by atoms with Crippen LogP contribution < -0.4 is 5.43 Å². The number of carbonyl (C=O) groups excluding carboxylic acids is 1. The van der Waals surface area contributed by atoms with Crippen molar-refractivity contribution in [2.75, 3.05) is 5.75 Å². The first-order valence-electron chi connectivity index (χ1n) is 8.98. The summed E-state index contributed by atoms with van der Waals surface area (Å²) in [4.78, 5) is 16.6. The zero-order chi connectivity index (χ0) is 20.1. The summed E-state index contributed by atoms with van der Waals surface area (Å²) in [6, 6.07) is 19.5. The molecule has 0 spiro atoms. The van der Waals surface area contributed by atoms with Gasteiger partial charge in [0.15, 0.2) is 5.16 Å². The predicted molar refractivity (Wildman–Crippen MR) is 114 cm³/mol. The molecule has 0 bridgehead atoms. The number of aromatic nitrogens is 4. The van der Waals surface area contributed by atoms with Crippen molar-refractivity contribution in [1.82, 2.24) is 25.2 Å². The number of nitrogens with zero attached hydrogens (tertiary/aromatic N) is 5. The number of benzene rings is 2. The molecule has 0 fully saturated rings. The maximum absolute atomic E-state index is 12.2. The van der Waals surface area contributed by atoms with Crippen LogP contribution in [0, 0.1) is 6.92 Å². The molecule has 0 saturated heterocycles. The average Bonchev–Trinajstić information content (AvgIpc) is 3.13. The topological polar surface area (TPSA) is 85.1 Å². The number of hydrogen-bond acceptors (Lipinski definition) is 6. The van der Waals surface area contributed by atoms with Gasteiger partial charge in [-0.15, -0.1) is 10.2 Å². The minimum atomic E-state index is -0.222. The maximum Gasteiger partial charge on any atom is 0.250 e. The number of pyridine rings is 1. The second-order valence-corrected chi connectivity index (χ2v) is 7.15. The molecule has 2 aromatic heterocycles. The number of hydrogen-bond donors (Lipinski definition) is 1. The molecule has 2 aromatic carbocycles. The van der Waals surface area contributed by atoms with Gasteiger partial charge in [0.1, 0.15) is 5.82 Å². The summed E-state index contributed by atoms with van der Waals surface area (Å²) in [5.41, 5.74) is 5.20. The highest BCUT2D eigenvalue weighted by molar-refractivity contribution is 7.99. The van der Waals surface area contributed by atoms with E-state index in [1.165, 1.54) is 11.8 Å². The third kappa shape index (κ3) is 4.33. The van der Waals surface area contributed by atoms with Gasteiger partial charge < -0.3 is 0 Å². The number of hydrazone groups is 1. The Labute approximate surface area is 171 Å². The van der Waals surface area contributed by atoms with Crippen LogP contribution in [0.15, 0.2) is 77.1 Å². The van der Waals surface area contributed by atoms with E-state index >= 15 is 0 Å². The van der Waals surface area contributed by atoms with Crippen molar-refractivity contribution >= 4 is 34.8 Å². The summed E-state index contributed by atoms with van der Waals surface area (Å²) < 4.78 is 1.92. The molecule has 0 atom stereocenters. The number of carbonyl (C=O) groups is 1. The number of aryl methyl sites for hydroxylation is 1. The minimum Gasteiger partial charge on any atom is -0.274 e. The van der Waals surface area contributed by atoms with Crippen molar-refractivity contribution in [1.29, 1.82) is 0 Å².